The summed E-state index contributed by atoms with van der Waals surface area (Å²) in [4.78, 5) is 9.83. The first-order valence-electron chi connectivity index (χ1n) is 3.69. The molecule has 2 atom stereocenters. The monoisotopic (exact) mass is 158 g/mol. The molecule has 1 rings (SSSR count). The molecule has 0 aliphatic carbocycles. The zero-order chi connectivity index (χ0) is 8.10. The second-order valence-corrected chi connectivity index (χ2v) is 2.52. The Kier molecular flexibility index (Phi) is 3.32. The minimum Gasteiger partial charge on any atom is -0.451 e. The van der Waals surface area contributed by atoms with Gasteiger partial charge in [-0.3, -0.25) is 0 Å². The standard InChI is InChI=1S/C7H12NO3/c1-6(11-5-9)7-4-8-2-3-10-7/h6-8H,2-4H2,1H3. The van der Waals surface area contributed by atoms with Gasteiger partial charge in [0.1, 0.15) is 12.2 Å². The van der Waals surface area contributed by atoms with Crippen LogP contribution in [0.4, 0.5) is 0 Å². The van der Waals surface area contributed by atoms with Crippen LogP contribution in [0.3, 0.4) is 0 Å². The molecule has 1 aliphatic heterocycles. The van der Waals surface area contributed by atoms with Crippen molar-refractivity contribution in [2.24, 2.45) is 0 Å². The van der Waals surface area contributed by atoms with Crippen LogP contribution in [-0.2, 0) is 14.3 Å². The zero-order valence-electron chi connectivity index (χ0n) is 6.50. The number of morpholine rings is 1. The Morgan fingerprint density at radius 3 is 3.18 bits per heavy atom. The van der Waals surface area contributed by atoms with Crippen molar-refractivity contribution in [2.75, 3.05) is 19.7 Å². The number of hydrogen-bond acceptors (Lipinski definition) is 4. The molecular weight excluding hydrogens is 146 g/mol. The van der Waals surface area contributed by atoms with E-state index in [-0.39, 0.29) is 12.2 Å². The van der Waals surface area contributed by atoms with E-state index >= 15 is 0 Å². The fourth-order valence-electron chi connectivity index (χ4n) is 1.04. The third kappa shape index (κ3) is 2.48. The van der Waals surface area contributed by atoms with Gasteiger partial charge in [0.05, 0.1) is 6.61 Å². The summed E-state index contributed by atoms with van der Waals surface area (Å²) in [5.74, 6) is 0. The van der Waals surface area contributed by atoms with Crippen molar-refractivity contribution in [3.8, 4) is 0 Å². The highest BCUT2D eigenvalue weighted by molar-refractivity contribution is 5.38. The molecule has 1 N–H and O–H groups in total. The molecule has 0 spiro atoms. The van der Waals surface area contributed by atoms with Crippen molar-refractivity contribution in [3.05, 3.63) is 0 Å². The third-order valence-electron chi connectivity index (χ3n) is 1.71. The second-order valence-electron chi connectivity index (χ2n) is 2.52. The molecule has 0 aromatic carbocycles. The van der Waals surface area contributed by atoms with E-state index in [1.54, 1.807) is 6.92 Å². The van der Waals surface area contributed by atoms with Crippen LogP contribution in [0.1, 0.15) is 6.92 Å². The normalized spacial score (nSPS) is 27.5. The molecule has 1 radical (unpaired) electrons. The van der Waals surface area contributed by atoms with Gasteiger partial charge >= 0.3 is 6.47 Å². The van der Waals surface area contributed by atoms with Crippen LogP contribution >= 0.6 is 0 Å². The van der Waals surface area contributed by atoms with Crippen molar-refractivity contribution in [1.82, 2.24) is 5.32 Å². The third-order valence-corrected chi connectivity index (χ3v) is 1.71. The molecule has 0 aromatic heterocycles. The van der Waals surface area contributed by atoms with Gasteiger partial charge in [-0.25, -0.2) is 4.79 Å². The van der Waals surface area contributed by atoms with Gasteiger partial charge in [-0.1, -0.05) is 0 Å². The smallest absolute Gasteiger partial charge is 0.417 e. The number of nitrogens with one attached hydrogen (secondary N) is 1. The molecule has 0 saturated carbocycles. The molecule has 63 valence electrons. The Hall–Kier alpha value is -0.610. The summed E-state index contributed by atoms with van der Waals surface area (Å²) < 4.78 is 9.94. The van der Waals surface area contributed by atoms with Crippen molar-refractivity contribution in [2.45, 2.75) is 19.1 Å². The van der Waals surface area contributed by atoms with Gasteiger partial charge in [-0.15, -0.1) is 0 Å². The lowest BCUT2D eigenvalue weighted by atomic mass is 10.2. The molecular formula is C7H12NO3. The lowest BCUT2D eigenvalue weighted by Gasteiger charge is -2.26. The van der Waals surface area contributed by atoms with Crippen molar-refractivity contribution in [3.63, 3.8) is 0 Å². The van der Waals surface area contributed by atoms with Gasteiger partial charge in [0.15, 0.2) is 0 Å². The largest absolute Gasteiger partial charge is 0.451 e. The minimum absolute atomic E-state index is 0.0230. The molecule has 0 aromatic rings. The van der Waals surface area contributed by atoms with E-state index in [0.29, 0.717) is 6.61 Å². The van der Waals surface area contributed by atoms with Crippen LogP contribution < -0.4 is 5.32 Å². The Balaban J connectivity index is 2.26. The van der Waals surface area contributed by atoms with E-state index in [4.69, 9.17) is 4.74 Å². The fourth-order valence-corrected chi connectivity index (χ4v) is 1.04. The maximum Gasteiger partial charge on any atom is 0.417 e. The minimum atomic E-state index is -0.208. The number of carbonyl (C=O) groups excluding carboxylic acids is 1. The molecule has 1 heterocycles. The first kappa shape index (κ1) is 8.49. The SMILES string of the molecule is CC(O[C]=O)C1CNCCO1. The maximum atomic E-state index is 9.83. The van der Waals surface area contributed by atoms with E-state index in [9.17, 15) is 4.79 Å². The van der Waals surface area contributed by atoms with Crippen LogP contribution in [0.15, 0.2) is 0 Å². The second kappa shape index (κ2) is 4.31. The molecule has 1 saturated heterocycles. The van der Waals surface area contributed by atoms with Crippen molar-refractivity contribution >= 4 is 6.47 Å². The first-order chi connectivity index (χ1) is 5.34. The lowest BCUT2D eigenvalue weighted by molar-refractivity contribution is -0.0399. The predicted molar refractivity (Wildman–Crippen MR) is 38.9 cm³/mol. The van der Waals surface area contributed by atoms with Gasteiger partial charge in [0.25, 0.3) is 0 Å². The Labute approximate surface area is 65.9 Å². The highest BCUT2D eigenvalue weighted by Crippen LogP contribution is 2.04. The molecule has 11 heavy (non-hydrogen) atoms. The fraction of sp³-hybridized carbons (Fsp3) is 0.857. The van der Waals surface area contributed by atoms with Gasteiger partial charge in [-0.05, 0) is 6.92 Å². The van der Waals surface area contributed by atoms with E-state index in [0.717, 1.165) is 13.1 Å². The highest BCUT2D eigenvalue weighted by Gasteiger charge is 2.21. The first-order valence-corrected chi connectivity index (χ1v) is 3.69. The van der Waals surface area contributed by atoms with Crippen LogP contribution in [0.2, 0.25) is 0 Å². The summed E-state index contributed by atoms with van der Waals surface area (Å²) in [5, 5.41) is 3.14. The van der Waals surface area contributed by atoms with Crippen LogP contribution in [0.25, 0.3) is 0 Å². The molecule has 4 heteroatoms. The van der Waals surface area contributed by atoms with E-state index in [1.165, 1.54) is 6.47 Å². The Bertz CT molecular complexity index is 123. The average molecular weight is 158 g/mol. The quantitative estimate of drug-likeness (QED) is 0.598. The van der Waals surface area contributed by atoms with Crippen LogP contribution in [0.5, 0.6) is 0 Å². The predicted octanol–water partition coefficient (Wildman–Crippen LogP) is -0.553. The summed E-state index contributed by atoms with van der Waals surface area (Å²) in [6, 6.07) is 0. The molecule has 2 unspecified atom stereocenters. The van der Waals surface area contributed by atoms with Gasteiger partial charge in [0, 0.05) is 13.1 Å². The topological polar surface area (TPSA) is 47.6 Å². The van der Waals surface area contributed by atoms with Crippen LogP contribution in [-0.4, -0.2) is 38.4 Å². The van der Waals surface area contributed by atoms with Gasteiger partial charge in [0.2, 0.25) is 0 Å². The number of rotatable bonds is 3. The molecule has 1 aliphatic rings. The molecule has 1 fully saturated rings. The van der Waals surface area contributed by atoms with E-state index < -0.39 is 0 Å². The van der Waals surface area contributed by atoms with E-state index in [1.807, 2.05) is 0 Å². The number of ether oxygens (including phenoxy) is 2. The average Bonchev–Trinajstić information content (AvgIpc) is 2.07. The summed E-state index contributed by atoms with van der Waals surface area (Å²) in [7, 11) is 0. The Morgan fingerprint density at radius 2 is 2.64 bits per heavy atom. The van der Waals surface area contributed by atoms with Crippen LogP contribution in [0, 0.1) is 0 Å². The molecule has 0 amide bonds. The van der Waals surface area contributed by atoms with Gasteiger partial charge in [-0.2, -0.15) is 0 Å². The summed E-state index contributed by atoms with van der Waals surface area (Å²) >= 11 is 0. The maximum absolute atomic E-state index is 9.83. The number of hydrogen-bond donors (Lipinski definition) is 1. The van der Waals surface area contributed by atoms with Gasteiger partial charge < -0.3 is 14.8 Å². The van der Waals surface area contributed by atoms with Crippen molar-refractivity contribution < 1.29 is 14.3 Å². The molecule has 4 nitrogen and oxygen atoms in total. The summed E-state index contributed by atoms with van der Waals surface area (Å²) in [6.45, 7) is 5.49. The highest BCUT2D eigenvalue weighted by atomic mass is 16.6. The Morgan fingerprint density at radius 1 is 1.82 bits per heavy atom. The molecule has 0 bridgehead atoms. The van der Waals surface area contributed by atoms with Crippen molar-refractivity contribution in [1.29, 1.82) is 0 Å². The summed E-state index contributed by atoms with van der Waals surface area (Å²) in [6.07, 6.45) is -0.231. The van der Waals surface area contributed by atoms with E-state index in [2.05, 4.69) is 10.1 Å². The zero-order valence-corrected chi connectivity index (χ0v) is 6.50. The summed E-state index contributed by atoms with van der Waals surface area (Å²) in [5.41, 5.74) is 0. The lowest BCUT2D eigenvalue weighted by Crippen LogP contribution is -2.44.